The smallest absolute Gasteiger partial charge is 0.323 e. The van der Waals surface area contributed by atoms with Crippen molar-refractivity contribution in [3.63, 3.8) is 0 Å². The van der Waals surface area contributed by atoms with Crippen LogP contribution in [0.4, 0.5) is 8.78 Å². The first-order chi connectivity index (χ1) is 6.35. The Morgan fingerprint density at radius 3 is 2.43 bits per heavy atom. The van der Waals surface area contributed by atoms with Gasteiger partial charge in [0.05, 0.1) is 0 Å². The number of carboxylic acid groups (broad SMARTS) is 1. The Balaban J connectivity index is 3.21. The van der Waals surface area contributed by atoms with Crippen LogP contribution in [0.1, 0.15) is 12.5 Å². The molecule has 0 aliphatic rings. The fourth-order valence-electron chi connectivity index (χ4n) is 0.912. The number of carbonyl (C=O) groups is 1. The van der Waals surface area contributed by atoms with Crippen LogP contribution in [0.15, 0.2) is 18.2 Å². The molecule has 1 unspecified atom stereocenters. The average Bonchev–Trinajstić information content (AvgIpc) is 2.09. The summed E-state index contributed by atoms with van der Waals surface area (Å²) >= 11 is 1.67. The minimum atomic E-state index is -1.24. The van der Waals surface area contributed by atoms with E-state index in [2.05, 4.69) is 0 Å². The van der Waals surface area contributed by atoms with Gasteiger partial charge in [-0.15, -0.1) is 0 Å². The number of hydrogen-bond donors (Lipinski definition) is 1. The van der Waals surface area contributed by atoms with E-state index in [4.69, 9.17) is 5.11 Å². The fraction of sp³-hybridized carbons (Fsp3) is 0.222. The summed E-state index contributed by atoms with van der Waals surface area (Å²) in [6, 6.07) is 3.08. The van der Waals surface area contributed by atoms with Gasteiger partial charge >= 0.3 is 5.97 Å². The van der Waals surface area contributed by atoms with Gasteiger partial charge in [0.2, 0.25) is 0 Å². The highest BCUT2D eigenvalue weighted by Gasteiger charge is 2.32. The zero-order valence-corrected chi connectivity index (χ0v) is 9.38. The summed E-state index contributed by atoms with van der Waals surface area (Å²) in [5, 5.41) is 8.83. The fourth-order valence-corrected chi connectivity index (χ4v) is 1.25. The average molecular weight is 312 g/mol. The summed E-state index contributed by atoms with van der Waals surface area (Å²) in [7, 11) is 0. The molecule has 0 aliphatic carbocycles. The number of carboxylic acids is 1. The highest BCUT2D eigenvalue weighted by molar-refractivity contribution is 14.1. The summed E-state index contributed by atoms with van der Waals surface area (Å²) in [5.41, 5.74) is 0.226. The van der Waals surface area contributed by atoms with Gasteiger partial charge in [-0.05, 0) is 24.6 Å². The molecule has 0 spiro atoms. The first-order valence-electron chi connectivity index (χ1n) is 3.73. The molecule has 0 radical (unpaired) electrons. The number of hydrogen-bond acceptors (Lipinski definition) is 1. The van der Waals surface area contributed by atoms with Gasteiger partial charge in [-0.3, -0.25) is 4.79 Å². The van der Waals surface area contributed by atoms with E-state index >= 15 is 0 Å². The van der Waals surface area contributed by atoms with Gasteiger partial charge in [-0.25, -0.2) is 8.78 Å². The van der Waals surface area contributed by atoms with Crippen molar-refractivity contribution in [2.24, 2.45) is 0 Å². The summed E-state index contributed by atoms with van der Waals surface area (Å²) in [6.45, 7) is 1.42. The summed E-state index contributed by atoms with van der Waals surface area (Å²) in [5.74, 6) is -3.11. The third-order valence-electron chi connectivity index (χ3n) is 1.86. The van der Waals surface area contributed by atoms with E-state index < -0.39 is 21.0 Å². The van der Waals surface area contributed by atoms with Crippen molar-refractivity contribution < 1.29 is 18.7 Å². The normalized spacial score (nSPS) is 14.9. The first-order valence-corrected chi connectivity index (χ1v) is 4.81. The van der Waals surface area contributed by atoms with Crippen LogP contribution in [0.25, 0.3) is 0 Å². The van der Waals surface area contributed by atoms with Gasteiger partial charge in [-0.1, -0.05) is 28.7 Å². The Kier molecular flexibility index (Phi) is 3.08. The van der Waals surface area contributed by atoms with Gasteiger partial charge < -0.3 is 5.11 Å². The Labute approximate surface area is 93.1 Å². The van der Waals surface area contributed by atoms with Crippen LogP contribution in [0.3, 0.4) is 0 Å². The van der Waals surface area contributed by atoms with Crippen molar-refractivity contribution in [1.82, 2.24) is 0 Å². The van der Waals surface area contributed by atoms with Crippen LogP contribution in [-0.4, -0.2) is 11.1 Å². The molecule has 1 rings (SSSR count). The largest absolute Gasteiger partial charge is 0.480 e. The van der Waals surface area contributed by atoms with E-state index in [0.717, 1.165) is 12.1 Å². The number of halogens is 3. The maximum absolute atomic E-state index is 12.8. The van der Waals surface area contributed by atoms with Gasteiger partial charge in [0.1, 0.15) is 3.42 Å². The predicted octanol–water partition coefficient (Wildman–Crippen LogP) is 2.70. The molecule has 0 saturated carbocycles. The molecule has 1 atom stereocenters. The predicted molar refractivity (Wildman–Crippen MR) is 55.4 cm³/mol. The van der Waals surface area contributed by atoms with E-state index in [1.807, 2.05) is 0 Å². The third-order valence-corrected chi connectivity index (χ3v) is 2.95. The van der Waals surface area contributed by atoms with Crippen LogP contribution < -0.4 is 0 Å². The topological polar surface area (TPSA) is 37.3 Å². The highest BCUT2D eigenvalue weighted by Crippen LogP contribution is 2.32. The maximum atomic E-state index is 12.8. The zero-order chi connectivity index (χ0) is 10.9. The molecule has 5 heteroatoms. The van der Waals surface area contributed by atoms with Gasteiger partial charge in [0.25, 0.3) is 0 Å². The molecular weight excluding hydrogens is 305 g/mol. The first kappa shape index (κ1) is 11.4. The second-order valence-electron chi connectivity index (χ2n) is 2.94. The summed E-state index contributed by atoms with van der Waals surface area (Å²) < 4.78 is 24.1. The number of alkyl halides is 1. The summed E-state index contributed by atoms with van der Waals surface area (Å²) in [6.07, 6.45) is 0. The molecule has 0 aromatic heterocycles. The molecule has 0 heterocycles. The van der Waals surface area contributed by atoms with Crippen LogP contribution >= 0.6 is 22.6 Å². The van der Waals surface area contributed by atoms with E-state index in [1.54, 1.807) is 22.6 Å². The molecule has 1 aromatic rings. The van der Waals surface area contributed by atoms with E-state index in [1.165, 1.54) is 13.0 Å². The lowest BCUT2D eigenvalue weighted by molar-refractivity contribution is -0.139. The zero-order valence-electron chi connectivity index (χ0n) is 7.22. The molecule has 76 valence electrons. The lowest BCUT2D eigenvalue weighted by Gasteiger charge is -2.17. The molecule has 0 bridgehead atoms. The van der Waals surface area contributed by atoms with E-state index in [0.29, 0.717) is 0 Å². The number of rotatable bonds is 2. The van der Waals surface area contributed by atoms with Crippen molar-refractivity contribution >= 4 is 28.6 Å². The minimum absolute atomic E-state index is 0.226. The van der Waals surface area contributed by atoms with Crippen LogP contribution in [0.5, 0.6) is 0 Å². The molecule has 0 amide bonds. The summed E-state index contributed by atoms with van der Waals surface area (Å²) in [4.78, 5) is 10.8. The third kappa shape index (κ3) is 2.02. The molecule has 14 heavy (non-hydrogen) atoms. The van der Waals surface area contributed by atoms with Crippen molar-refractivity contribution in [3.05, 3.63) is 35.4 Å². The molecule has 0 fully saturated rings. The molecule has 0 aliphatic heterocycles. The van der Waals surface area contributed by atoms with Crippen molar-refractivity contribution in [2.45, 2.75) is 10.3 Å². The van der Waals surface area contributed by atoms with Crippen LogP contribution in [0, 0.1) is 11.6 Å². The monoisotopic (exact) mass is 312 g/mol. The van der Waals surface area contributed by atoms with Crippen molar-refractivity contribution in [1.29, 1.82) is 0 Å². The van der Waals surface area contributed by atoms with Crippen LogP contribution in [-0.2, 0) is 8.22 Å². The molecule has 0 saturated heterocycles. The Morgan fingerprint density at radius 2 is 2.00 bits per heavy atom. The quantitative estimate of drug-likeness (QED) is 0.673. The van der Waals surface area contributed by atoms with Crippen molar-refractivity contribution in [3.8, 4) is 0 Å². The lowest BCUT2D eigenvalue weighted by atomic mass is 10.0. The van der Waals surface area contributed by atoms with Gasteiger partial charge in [0.15, 0.2) is 11.6 Å². The standard InChI is InChI=1S/C9H7F2IO2/c1-9(12,8(13)14)5-2-3-6(10)7(11)4-5/h2-4H,1H3,(H,13,14). The van der Waals surface area contributed by atoms with Crippen LogP contribution in [0.2, 0.25) is 0 Å². The molecule has 1 aromatic carbocycles. The maximum Gasteiger partial charge on any atom is 0.323 e. The van der Waals surface area contributed by atoms with E-state index in [-0.39, 0.29) is 5.56 Å². The van der Waals surface area contributed by atoms with Gasteiger partial charge in [0, 0.05) is 0 Å². The SMILES string of the molecule is CC(I)(C(=O)O)c1ccc(F)c(F)c1. The number of aliphatic carboxylic acids is 1. The molecule has 2 nitrogen and oxygen atoms in total. The Hall–Kier alpha value is -0.720. The Morgan fingerprint density at radius 1 is 1.43 bits per heavy atom. The van der Waals surface area contributed by atoms with Gasteiger partial charge in [-0.2, -0.15) is 0 Å². The lowest BCUT2D eigenvalue weighted by Crippen LogP contribution is -2.25. The minimum Gasteiger partial charge on any atom is -0.480 e. The van der Waals surface area contributed by atoms with E-state index in [9.17, 15) is 13.6 Å². The second kappa shape index (κ2) is 3.80. The second-order valence-corrected chi connectivity index (χ2v) is 5.09. The molecule has 1 N–H and O–H groups in total. The number of benzene rings is 1. The van der Waals surface area contributed by atoms with Crippen molar-refractivity contribution in [2.75, 3.05) is 0 Å². The highest BCUT2D eigenvalue weighted by atomic mass is 127. The molecular formula is C9H7F2IO2. The Bertz CT molecular complexity index is 377.